The normalized spacial score (nSPS) is 9.71. The van der Waals surface area contributed by atoms with Crippen molar-refractivity contribution in [2.45, 2.75) is 13.1 Å². The maximum absolute atomic E-state index is 11.5. The van der Waals surface area contributed by atoms with Gasteiger partial charge in [-0.1, -0.05) is 12.2 Å². The van der Waals surface area contributed by atoms with Crippen molar-refractivity contribution < 1.29 is 0 Å². The molecule has 0 atom stereocenters. The minimum absolute atomic E-state index is 0.192. The van der Waals surface area contributed by atoms with Crippen LogP contribution in [0.1, 0.15) is 0 Å². The molecule has 1 aromatic rings. The zero-order chi connectivity index (χ0) is 10.6. The van der Waals surface area contributed by atoms with Gasteiger partial charge in [0.05, 0.1) is 6.54 Å². The topological polar surface area (TPSA) is 56.9 Å². The molecule has 0 aromatic carbocycles. The Morgan fingerprint density at radius 2 is 1.93 bits per heavy atom. The largest absolute Gasteiger partial charge is 0.348 e. The van der Waals surface area contributed by atoms with E-state index >= 15 is 0 Å². The SMILES string of the molecule is C=CCn1ncc(=O)n(CC=C)c1=O. The summed E-state index contributed by atoms with van der Waals surface area (Å²) in [6, 6.07) is 0. The number of allylic oxidation sites excluding steroid dienone is 2. The fourth-order valence-electron chi connectivity index (χ4n) is 1.02. The van der Waals surface area contributed by atoms with Gasteiger partial charge < -0.3 is 0 Å². The number of hydrogen-bond acceptors (Lipinski definition) is 3. The average Bonchev–Trinajstić information content (AvgIpc) is 2.17. The monoisotopic (exact) mass is 193 g/mol. The van der Waals surface area contributed by atoms with Crippen LogP contribution in [-0.4, -0.2) is 14.3 Å². The summed E-state index contributed by atoms with van der Waals surface area (Å²) in [7, 11) is 0. The summed E-state index contributed by atoms with van der Waals surface area (Å²) in [4.78, 5) is 22.7. The molecular formula is C9H11N3O2. The van der Waals surface area contributed by atoms with Gasteiger partial charge >= 0.3 is 5.69 Å². The van der Waals surface area contributed by atoms with Gasteiger partial charge in [-0.05, 0) is 0 Å². The van der Waals surface area contributed by atoms with E-state index in [-0.39, 0.29) is 13.1 Å². The molecule has 0 spiro atoms. The Balaban J connectivity index is 3.33. The highest BCUT2D eigenvalue weighted by atomic mass is 16.2. The van der Waals surface area contributed by atoms with Gasteiger partial charge in [0.2, 0.25) is 0 Å². The highest BCUT2D eigenvalue weighted by molar-refractivity contribution is 4.81. The Labute approximate surface area is 80.6 Å². The molecule has 0 aliphatic carbocycles. The first-order valence-electron chi connectivity index (χ1n) is 4.09. The van der Waals surface area contributed by atoms with Gasteiger partial charge in [-0.25, -0.2) is 9.48 Å². The van der Waals surface area contributed by atoms with Crippen LogP contribution in [0.15, 0.2) is 41.1 Å². The van der Waals surface area contributed by atoms with Gasteiger partial charge in [-0.3, -0.25) is 9.36 Å². The van der Waals surface area contributed by atoms with E-state index in [9.17, 15) is 9.59 Å². The van der Waals surface area contributed by atoms with Crippen molar-refractivity contribution >= 4 is 0 Å². The van der Waals surface area contributed by atoms with Crippen molar-refractivity contribution in [2.75, 3.05) is 0 Å². The lowest BCUT2D eigenvalue weighted by molar-refractivity contribution is 0.551. The van der Waals surface area contributed by atoms with Gasteiger partial charge in [0.25, 0.3) is 5.56 Å². The van der Waals surface area contributed by atoms with Crippen LogP contribution in [0.5, 0.6) is 0 Å². The Hall–Kier alpha value is -1.91. The lowest BCUT2D eigenvalue weighted by Gasteiger charge is -2.03. The molecule has 5 nitrogen and oxygen atoms in total. The molecule has 14 heavy (non-hydrogen) atoms. The number of hydrogen-bond donors (Lipinski definition) is 0. The van der Waals surface area contributed by atoms with Gasteiger partial charge in [0, 0.05) is 6.54 Å². The maximum atomic E-state index is 11.5. The highest BCUT2D eigenvalue weighted by Gasteiger charge is 2.02. The van der Waals surface area contributed by atoms with Crippen molar-refractivity contribution in [3.05, 3.63) is 52.3 Å². The van der Waals surface area contributed by atoms with Crippen LogP contribution in [0.4, 0.5) is 0 Å². The van der Waals surface area contributed by atoms with Crippen LogP contribution in [-0.2, 0) is 13.1 Å². The Bertz CT molecular complexity index is 456. The molecule has 0 amide bonds. The van der Waals surface area contributed by atoms with E-state index in [2.05, 4.69) is 18.3 Å². The van der Waals surface area contributed by atoms with Crippen molar-refractivity contribution in [1.29, 1.82) is 0 Å². The predicted octanol–water partition coefficient (Wildman–Crippen LogP) is -0.223. The number of aromatic nitrogens is 3. The van der Waals surface area contributed by atoms with Crippen LogP contribution >= 0.6 is 0 Å². The molecule has 1 rings (SSSR count). The summed E-state index contributed by atoms with van der Waals surface area (Å²) in [5.74, 6) is 0. The molecule has 0 bridgehead atoms. The van der Waals surface area contributed by atoms with Crippen LogP contribution in [0.3, 0.4) is 0 Å². The molecule has 0 aliphatic rings. The fourth-order valence-corrected chi connectivity index (χ4v) is 1.02. The predicted molar refractivity (Wildman–Crippen MR) is 53.2 cm³/mol. The van der Waals surface area contributed by atoms with E-state index in [1.54, 1.807) is 0 Å². The summed E-state index contributed by atoms with van der Waals surface area (Å²) in [6.07, 6.45) is 4.13. The second-order valence-electron chi connectivity index (χ2n) is 2.64. The molecule has 1 heterocycles. The standard InChI is InChI=1S/C9H11N3O2/c1-3-5-11-8(13)7-10-12(6-4-2)9(11)14/h3-4,7H,1-2,5-6H2. The van der Waals surface area contributed by atoms with Gasteiger partial charge in [-0.15, -0.1) is 13.2 Å². The van der Waals surface area contributed by atoms with Gasteiger partial charge in [0.1, 0.15) is 6.20 Å². The molecule has 0 aliphatic heterocycles. The number of nitrogens with zero attached hydrogens (tertiary/aromatic N) is 3. The van der Waals surface area contributed by atoms with Gasteiger partial charge in [0.15, 0.2) is 0 Å². The summed E-state index contributed by atoms with van der Waals surface area (Å²) in [5.41, 5.74) is -0.868. The lowest BCUT2D eigenvalue weighted by Crippen LogP contribution is -2.40. The van der Waals surface area contributed by atoms with Crippen molar-refractivity contribution in [3.8, 4) is 0 Å². The first-order chi connectivity index (χ1) is 6.70. The molecule has 0 fully saturated rings. The zero-order valence-corrected chi connectivity index (χ0v) is 7.72. The van der Waals surface area contributed by atoms with Crippen molar-refractivity contribution in [2.24, 2.45) is 0 Å². The van der Waals surface area contributed by atoms with Crippen molar-refractivity contribution in [3.63, 3.8) is 0 Å². The van der Waals surface area contributed by atoms with Crippen LogP contribution in [0.25, 0.3) is 0 Å². The third-order valence-corrected chi connectivity index (χ3v) is 1.64. The Morgan fingerprint density at radius 3 is 2.50 bits per heavy atom. The van der Waals surface area contributed by atoms with E-state index in [0.717, 1.165) is 15.4 Å². The molecule has 0 saturated carbocycles. The second kappa shape index (κ2) is 4.36. The molecular weight excluding hydrogens is 182 g/mol. The van der Waals surface area contributed by atoms with E-state index in [1.165, 1.54) is 12.2 Å². The fraction of sp³-hybridized carbons (Fsp3) is 0.222. The summed E-state index contributed by atoms with van der Waals surface area (Å²) in [5, 5.41) is 3.68. The van der Waals surface area contributed by atoms with E-state index in [4.69, 9.17) is 0 Å². The number of rotatable bonds is 4. The Kier molecular flexibility index (Phi) is 3.17. The van der Waals surface area contributed by atoms with E-state index in [0.29, 0.717) is 0 Å². The average molecular weight is 193 g/mol. The molecule has 0 N–H and O–H groups in total. The van der Waals surface area contributed by atoms with Crippen LogP contribution < -0.4 is 11.2 Å². The highest BCUT2D eigenvalue weighted by Crippen LogP contribution is 1.76. The summed E-state index contributed by atoms with van der Waals surface area (Å²) >= 11 is 0. The minimum Gasteiger partial charge on any atom is -0.267 e. The van der Waals surface area contributed by atoms with Crippen LogP contribution in [0.2, 0.25) is 0 Å². The minimum atomic E-state index is -0.447. The maximum Gasteiger partial charge on any atom is 0.348 e. The third kappa shape index (κ3) is 1.87. The zero-order valence-electron chi connectivity index (χ0n) is 7.72. The first kappa shape index (κ1) is 10.2. The lowest BCUT2D eigenvalue weighted by atomic mass is 10.6. The smallest absolute Gasteiger partial charge is 0.267 e. The molecule has 5 heteroatoms. The second-order valence-corrected chi connectivity index (χ2v) is 2.64. The quantitative estimate of drug-likeness (QED) is 0.621. The molecule has 0 unspecified atom stereocenters. The summed E-state index contributed by atoms with van der Waals surface area (Å²) < 4.78 is 2.22. The molecule has 1 aromatic heterocycles. The van der Waals surface area contributed by atoms with E-state index < -0.39 is 11.2 Å². The third-order valence-electron chi connectivity index (χ3n) is 1.64. The van der Waals surface area contributed by atoms with Crippen molar-refractivity contribution in [1.82, 2.24) is 14.3 Å². The summed E-state index contributed by atoms with van der Waals surface area (Å²) in [6.45, 7) is 7.43. The van der Waals surface area contributed by atoms with E-state index in [1.807, 2.05) is 0 Å². The molecule has 0 saturated heterocycles. The van der Waals surface area contributed by atoms with Crippen LogP contribution in [0, 0.1) is 0 Å². The Morgan fingerprint density at radius 1 is 1.29 bits per heavy atom. The molecule has 74 valence electrons. The molecule has 0 radical (unpaired) electrons. The first-order valence-corrected chi connectivity index (χ1v) is 4.09. The van der Waals surface area contributed by atoms with Gasteiger partial charge in [-0.2, -0.15) is 5.10 Å².